The van der Waals surface area contributed by atoms with Crippen LogP contribution < -0.4 is 10.1 Å². The summed E-state index contributed by atoms with van der Waals surface area (Å²) < 4.78 is 7.12. The number of nitrogens with zero attached hydrogens (tertiary/aromatic N) is 3. The Labute approximate surface area is 200 Å². The Balaban J connectivity index is 1.82. The fraction of sp³-hybridized carbons (Fsp3) is 0.273. The highest BCUT2D eigenvalue weighted by Gasteiger charge is 2.17. The van der Waals surface area contributed by atoms with Crippen LogP contribution in [0.3, 0.4) is 0 Å². The summed E-state index contributed by atoms with van der Waals surface area (Å²) in [5.41, 5.74) is 1.34. The number of halogens is 2. The van der Waals surface area contributed by atoms with Crippen LogP contribution in [-0.4, -0.2) is 45.9 Å². The molecule has 0 atom stereocenters. The summed E-state index contributed by atoms with van der Waals surface area (Å²) in [6.45, 7) is 2.01. The van der Waals surface area contributed by atoms with Gasteiger partial charge in [-0.25, -0.2) is 0 Å². The van der Waals surface area contributed by atoms with Crippen LogP contribution in [0.5, 0.6) is 5.75 Å². The van der Waals surface area contributed by atoms with Crippen LogP contribution in [-0.2, 0) is 11.2 Å². The highest BCUT2D eigenvalue weighted by Crippen LogP contribution is 2.30. The highest BCUT2D eigenvalue weighted by molar-refractivity contribution is 7.99. The van der Waals surface area contributed by atoms with Crippen molar-refractivity contribution in [3.05, 3.63) is 63.9 Å². The quantitative estimate of drug-likeness (QED) is 0.252. The molecule has 0 saturated carbocycles. The molecule has 1 aromatic heterocycles. The van der Waals surface area contributed by atoms with Gasteiger partial charge in [-0.1, -0.05) is 35.0 Å². The summed E-state index contributed by atoms with van der Waals surface area (Å²) in [7, 11) is 1.55. The second-order valence-corrected chi connectivity index (χ2v) is 8.64. The third-order valence-corrected chi connectivity index (χ3v) is 6.02. The topological polar surface area (TPSA) is 86.1 Å². The molecule has 1 N–H and O–H groups in total. The zero-order chi connectivity index (χ0) is 23.1. The van der Waals surface area contributed by atoms with Gasteiger partial charge in [0.15, 0.2) is 10.9 Å². The van der Waals surface area contributed by atoms with Crippen molar-refractivity contribution in [3.8, 4) is 11.4 Å². The number of thioether (sulfide) groups is 1. The van der Waals surface area contributed by atoms with Crippen LogP contribution in [0.25, 0.3) is 5.69 Å². The van der Waals surface area contributed by atoms with Gasteiger partial charge in [-0.15, -0.1) is 10.2 Å². The van der Waals surface area contributed by atoms with E-state index < -0.39 is 0 Å². The Morgan fingerprint density at radius 2 is 1.88 bits per heavy atom. The second kappa shape index (κ2) is 11.4. The third kappa shape index (κ3) is 6.25. The molecule has 0 bridgehead atoms. The van der Waals surface area contributed by atoms with E-state index >= 15 is 0 Å². The van der Waals surface area contributed by atoms with Gasteiger partial charge in [0.1, 0.15) is 11.6 Å². The molecule has 32 heavy (non-hydrogen) atoms. The molecule has 2 aromatic carbocycles. The standard InChI is InChI=1S/C22H22Cl2N4O3S/c1-14(29)25-11-3-4-21-26-27-22(28(21)17-9-10-20(31-2)18(24)12-17)32-13-19(30)15-5-7-16(23)8-6-15/h5-10,12H,3-4,11,13H2,1-2H3,(H,25,29). The minimum atomic E-state index is -0.0784. The Hall–Kier alpha value is -2.55. The molecule has 0 unspecified atom stereocenters. The number of hydrogen-bond acceptors (Lipinski definition) is 6. The molecule has 0 radical (unpaired) electrons. The molecule has 0 saturated heterocycles. The van der Waals surface area contributed by atoms with Crippen molar-refractivity contribution in [1.82, 2.24) is 20.1 Å². The Morgan fingerprint density at radius 3 is 2.53 bits per heavy atom. The van der Waals surface area contributed by atoms with Gasteiger partial charge in [0, 0.05) is 30.5 Å². The SMILES string of the molecule is COc1ccc(-n2c(CCCNC(C)=O)nnc2SCC(=O)c2ccc(Cl)cc2)cc1Cl. The number of aryl methyl sites for hydroxylation is 1. The average Bonchev–Trinajstić information content (AvgIpc) is 3.18. The first-order chi connectivity index (χ1) is 15.4. The van der Waals surface area contributed by atoms with E-state index in [9.17, 15) is 9.59 Å². The number of benzene rings is 2. The normalized spacial score (nSPS) is 10.8. The molecular formula is C22H22Cl2N4O3S. The van der Waals surface area contributed by atoms with Crippen molar-refractivity contribution in [2.24, 2.45) is 0 Å². The molecule has 168 valence electrons. The van der Waals surface area contributed by atoms with Gasteiger partial charge in [-0.05, 0) is 48.9 Å². The van der Waals surface area contributed by atoms with E-state index in [-0.39, 0.29) is 17.4 Å². The predicted octanol–water partition coefficient (Wildman–Crippen LogP) is 4.63. The van der Waals surface area contributed by atoms with E-state index in [1.165, 1.54) is 18.7 Å². The first-order valence-corrected chi connectivity index (χ1v) is 11.6. The molecular weight excluding hydrogens is 471 g/mol. The summed E-state index contributed by atoms with van der Waals surface area (Å²) in [6.07, 6.45) is 1.28. The number of nitrogens with one attached hydrogen (secondary N) is 1. The minimum absolute atomic E-state index is 0.0406. The lowest BCUT2D eigenvalue weighted by atomic mass is 10.1. The van der Waals surface area contributed by atoms with Gasteiger partial charge in [0.2, 0.25) is 5.91 Å². The Morgan fingerprint density at radius 1 is 1.12 bits per heavy atom. The van der Waals surface area contributed by atoms with Crippen LogP contribution in [0.1, 0.15) is 29.5 Å². The number of carbonyl (C=O) groups is 2. The van der Waals surface area contributed by atoms with E-state index in [0.29, 0.717) is 51.7 Å². The van der Waals surface area contributed by atoms with Crippen LogP contribution in [0, 0.1) is 0 Å². The largest absolute Gasteiger partial charge is 0.495 e. The monoisotopic (exact) mass is 492 g/mol. The fourth-order valence-corrected chi connectivity index (χ4v) is 4.21. The van der Waals surface area contributed by atoms with Crippen LogP contribution in [0.15, 0.2) is 47.6 Å². The number of amides is 1. The van der Waals surface area contributed by atoms with Crippen molar-refractivity contribution >= 4 is 46.7 Å². The number of aromatic nitrogens is 3. The van der Waals surface area contributed by atoms with Crippen molar-refractivity contribution in [2.75, 3.05) is 19.4 Å². The first-order valence-electron chi connectivity index (χ1n) is 9.83. The molecule has 0 aliphatic carbocycles. The van der Waals surface area contributed by atoms with Crippen molar-refractivity contribution in [3.63, 3.8) is 0 Å². The number of methoxy groups -OCH3 is 1. The molecule has 3 aromatic rings. The maximum atomic E-state index is 12.6. The molecule has 0 fully saturated rings. The van der Waals surface area contributed by atoms with Gasteiger partial charge in [0.05, 0.1) is 23.6 Å². The zero-order valence-electron chi connectivity index (χ0n) is 17.6. The smallest absolute Gasteiger partial charge is 0.216 e. The Kier molecular flexibility index (Phi) is 8.55. The molecule has 10 heteroatoms. The van der Waals surface area contributed by atoms with E-state index in [1.54, 1.807) is 43.5 Å². The lowest BCUT2D eigenvalue weighted by Crippen LogP contribution is -2.21. The van der Waals surface area contributed by atoms with Gasteiger partial charge in [-0.2, -0.15) is 0 Å². The third-order valence-electron chi connectivity index (χ3n) is 4.54. The molecule has 0 spiro atoms. The fourth-order valence-electron chi connectivity index (χ4n) is 2.97. The number of ether oxygens (including phenoxy) is 1. The van der Waals surface area contributed by atoms with Crippen LogP contribution in [0.4, 0.5) is 0 Å². The molecule has 3 rings (SSSR count). The summed E-state index contributed by atoms with van der Waals surface area (Å²) in [4.78, 5) is 23.7. The molecule has 0 aliphatic rings. The number of rotatable bonds is 10. The lowest BCUT2D eigenvalue weighted by Gasteiger charge is -2.12. The van der Waals surface area contributed by atoms with Crippen LogP contribution in [0.2, 0.25) is 10.0 Å². The minimum Gasteiger partial charge on any atom is -0.495 e. The number of Topliss-reactive ketones (excluding diaryl/α,β-unsaturated/α-hetero) is 1. The van der Waals surface area contributed by atoms with Crippen molar-refractivity contribution in [1.29, 1.82) is 0 Å². The maximum Gasteiger partial charge on any atom is 0.216 e. The van der Waals surface area contributed by atoms with Gasteiger partial charge >= 0.3 is 0 Å². The predicted molar refractivity (Wildman–Crippen MR) is 126 cm³/mol. The van der Waals surface area contributed by atoms with Crippen molar-refractivity contribution < 1.29 is 14.3 Å². The van der Waals surface area contributed by atoms with Gasteiger partial charge in [-0.3, -0.25) is 14.2 Å². The number of ketones is 1. The molecule has 7 nitrogen and oxygen atoms in total. The van der Waals surface area contributed by atoms with E-state index in [2.05, 4.69) is 15.5 Å². The number of hydrogen-bond donors (Lipinski definition) is 1. The van der Waals surface area contributed by atoms with Crippen molar-refractivity contribution in [2.45, 2.75) is 24.9 Å². The van der Waals surface area contributed by atoms with Gasteiger partial charge in [0.25, 0.3) is 0 Å². The zero-order valence-corrected chi connectivity index (χ0v) is 19.9. The highest BCUT2D eigenvalue weighted by atomic mass is 35.5. The van der Waals surface area contributed by atoms with Crippen LogP contribution >= 0.6 is 35.0 Å². The second-order valence-electron chi connectivity index (χ2n) is 6.86. The van der Waals surface area contributed by atoms with E-state index in [4.69, 9.17) is 27.9 Å². The summed E-state index contributed by atoms with van der Waals surface area (Å²) >= 11 is 13.5. The average molecular weight is 493 g/mol. The van der Waals surface area contributed by atoms with Gasteiger partial charge < -0.3 is 10.1 Å². The lowest BCUT2D eigenvalue weighted by molar-refractivity contribution is -0.118. The molecule has 1 heterocycles. The number of carbonyl (C=O) groups excluding carboxylic acids is 2. The summed E-state index contributed by atoms with van der Waals surface area (Å²) in [5.74, 6) is 1.34. The first kappa shape index (κ1) is 24.1. The molecule has 1 amide bonds. The Bertz CT molecular complexity index is 1100. The van der Waals surface area contributed by atoms with E-state index in [1.807, 2.05) is 10.6 Å². The maximum absolute atomic E-state index is 12.6. The van der Waals surface area contributed by atoms with E-state index in [0.717, 1.165) is 5.69 Å². The molecule has 0 aliphatic heterocycles. The summed E-state index contributed by atoms with van der Waals surface area (Å²) in [6, 6.07) is 12.2. The summed E-state index contributed by atoms with van der Waals surface area (Å²) in [5, 5.41) is 13.0.